The van der Waals surface area contributed by atoms with Crippen molar-refractivity contribution in [2.24, 2.45) is 23.2 Å². The van der Waals surface area contributed by atoms with Crippen molar-refractivity contribution in [3.05, 3.63) is 71.3 Å². The maximum absolute atomic E-state index is 13.4. The van der Waals surface area contributed by atoms with E-state index in [4.69, 9.17) is 0 Å². The van der Waals surface area contributed by atoms with E-state index in [1.54, 1.807) is 12.1 Å². The number of amides is 2. The Kier molecular flexibility index (Phi) is 8.12. The van der Waals surface area contributed by atoms with Crippen LogP contribution in [0.15, 0.2) is 54.2 Å². The standard InChI is InChI=1S/C30H39FN4O2/c1-19(2)12-26(25-11-10-23(31)17-33-25)34-29(37)22-13-21(15-32-16-22)24-14-28(36)35(18-30(24,4)5)27-9-7-6-8-20(27)3/h6-11,14,17,19,21-22,26,32H,12-13,15-16,18H2,1-5H3,(H,34,37)/t21-,22+,26-/m1/s1. The third kappa shape index (κ3) is 6.27. The monoisotopic (exact) mass is 506 g/mol. The minimum absolute atomic E-state index is 0.00502. The number of pyridine rings is 1. The predicted molar refractivity (Wildman–Crippen MR) is 144 cm³/mol. The molecule has 1 aromatic carbocycles. The molecule has 0 radical (unpaired) electrons. The summed E-state index contributed by atoms with van der Waals surface area (Å²) in [6.45, 7) is 12.5. The average Bonchev–Trinajstić information content (AvgIpc) is 2.85. The number of para-hydroxylation sites is 1. The van der Waals surface area contributed by atoms with Crippen LogP contribution in [0.25, 0.3) is 0 Å². The molecule has 4 rings (SSSR count). The van der Waals surface area contributed by atoms with Crippen LogP contribution in [0.2, 0.25) is 0 Å². The minimum atomic E-state index is -0.392. The van der Waals surface area contributed by atoms with E-state index in [1.165, 1.54) is 12.3 Å². The third-order valence-corrected chi connectivity index (χ3v) is 7.58. The molecule has 2 aliphatic heterocycles. The third-order valence-electron chi connectivity index (χ3n) is 7.58. The molecule has 2 aliphatic rings. The van der Waals surface area contributed by atoms with Gasteiger partial charge in [0.05, 0.1) is 23.9 Å². The second-order valence-corrected chi connectivity index (χ2v) is 11.6. The number of carbonyl (C=O) groups excluding carboxylic acids is 2. The first-order chi connectivity index (χ1) is 17.5. The van der Waals surface area contributed by atoms with Crippen molar-refractivity contribution in [1.29, 1.82) is 0 Å². The lowest BCUT2D eigenvalue weighted by molar-refractivity contribution is -0.126. The lowest BCUT2D eigenvalue weighted by Gasteiger charge is -2.43. The van der Waals surface area contributed by atoms with E-state index in [-0.39, 0.29) is 35.1 Å². The normalized spacial score (nSPS) is 22.5. The fourth-order valence-electron chi connectivity index (χ4n) is 5.70. The second-order valence-electron chi connectivity index (χ2n) is 11.6. The molecular formula is C30H39FN4O2. The van der Waals surface area contributed by atoms with Crippen LogP contribution in [-0.4, -0.2) is 36.4 Å². The molecule has 6 nitrogen and oxygen atoms in total. The maximum Gasteiger partial charge on any atom is 0.250 e. The molecule has 7 heteroatoms. The highest BCUT2D eigenvalue weighted by molar-refractivity contribution is 6.03. The highest BCUT2D eigenvalue weighted by Gasteiger charge is 2.40. The van der Waals surface area contributed by atoms with E-state index in [2.05, 4.69) is 43.3 Å². The van der Waals surface area contributed by atoms with Gasteiger partial charge in [-0.15, -0.1) is 0 Å². The van der Waals surface area contributed by atoms with Gasteiger partial charge in [-0.2, -0.15) is 0 Å². The molecule has 198 valence electrons. The van der Waals surface area contributed by atoms with Crippen LogP contribution in [0.1, 0.15) is 57.8 Å². The number of hydrogen-bond donors (Lipinski definition) is 2. The Bertz CT molecular complexity index is 1160. The van der Waals surface area contributed by atoms with Crippen LogP contribution in [0.4, 0.5) is 10.1 Å². The van der Waals surface area contributed by atoms with Gasteiger partial charge in [0.1, 0.15) is 5.82 Å². The van der Waals surface area contributed by atoms with Crippen molar-refractivity contribution in [1.82, 2.24) is 15.6 Å². The molecule has 1 saturated heterocycles. The topological polar surface area (TPSA) is 74.3 Å². The first-order valence-electron chi connectivity index (χ1n) is 13.3. The fraction of sp³-hybridized carbons (Fsp3) is 0.500. The molecule has 0 unspecified atom stereocenters. The highest BCUT2D eigenvalue weighted by atomic mass is 19.1. The van der Waals surface area contributed by atoms with E-state index in [0.717, 1.165) is 29.8 Å². The summed E-state index contributed by atoms with van der Waals surface area (Å²) in [7, 11) is 0. The molecule has 0 saturated carbocycles. The maximum atomic E-state index is 13.4. The molecule has 0 aliphatic carbocycles. The molecule has 2 amide bonds. The van der Waals surface area contributed by atoms with E-state index in [1.807, 2.05) is 36.1 Å². The van der Waals surface area contributed by atoms with Gasteiger partial charge in [0.25, 0.3) is 5.91 Å². The van der Waals surface area contributed by atoms with Gasteiger partial charge < -0.3 is 15.5 Å². The van der Waals surface area contributed by atoms with Gasteiger partial charge >= 0.3 is 0 Å². The number of benzene rings is 1. The highest BCUT2D eigenvalue weighted by Crippen LogP contribution is 2.41. The van der Waals surface area contributed by atoms with Crippen molar-refractivity contribution in [3.8, 4) is 0 Å². The van der Waals surface area contributed by atoms with Crippen LogP contribution < -0.4 is 15.5 Å². The summed E-state index contributed by atoms with van der Waals surface area (Å²) in [4.78, 5) is 32.8. The SMILES string of the molecule is Cc1ccccc1N1CC(C)(C)C([C@H]2CNC[C@@H](C(=O)N[C@H](CC(C)C)c3ccc(F)cn3)C2)=CC1=O. The molecule has 3 atom stereocenters. The number of rotatable bonds is 7. The van der Waals surface area contributed by atoms with Crippen LogP contribution in [-0.2, 0) is 9.59 Å². The van der Waals surface area contributed by atoms with E-state index >= 15 is 0 Å². The zero-order chi connectivity index (χ0) is 26.7. The van der Waals surface area contributed by atoms with Crippen LogP contribution in [0.5, 0.6) is 0 Å². The van der Waals surface area contributed by atoms with Crippen molar-refractivity contribution < 1.29 is 14.0 Å². The van der Waals surface area contributed by atoms with Crippen molar-refractivity contribution in [3.63, 3.8) is 0 Å². The van der Waals surface area contributed by atoms with Gasteiger partial charge in [0, 0.05) is 36.8 Å². The lowest BCUT2D eigenvalue weighted by atomic mass is 9.71. The number of aryl methyl sites for hydroxylation is 1. The number of nitrogens with zero attached hydrogens (tertiary/aromatic N) is 2. The van der Waals surface area contributed by atoms with E-state index in [9.17, 15) is 14.0 Å². The predicted octanol–water partition coefficient (Wildman–Crippen LogP) is 4.96. The zero-order valence-corrected chi connectivity index (χ0v) is 22.6. The summed E-state index contributed by atoms with van der Waals surface area (Å²) in [5.41, 5.74) is 3.57. The summed E-state index contributed by atoms with van der Waals surface area (Å²) < 4.78 is 13.4. The first kappa shape index (κ1) is 27.0. The minimum Gasteiger partial charge on any atom is -0.347 e. The van der Waals surface area contributed by atoms with Crippen molar-refractivity contribution in [2.75, 3.05) is 24.5 Å². The number of halogens is 1. The molecular weight excluding hydrogens is 467 g/mol. The van der Waals surface area contributed by atoms with Gasteiger partial charge in [0.2, 0.25) is 5.91 Å². The number of anilines is 1. The van der Waals surface area contributed by atoms with Crippen LogP contribution >= 0.6 is 0 Å². The molecule has 37 heavy (non-hydrogen) atoms. The van der Waals surface area contributed by atoms with Gasteiger partial charge in [-0.25, -0.2) is 4.39 Å². The molecule has 1 fully saturated rings. The zero-order valence-electron chi connectivity index (χ0n) is 22.6. The molecule has 0 spiro atoms. The Morgan fingerprint density at radius 1 is 1.22 bits per heavy atom. The quantitative estimate of drug-likeness (QED) is 0.557. The summed E-state index contributed by atoms with van der Waals surface area (Å²) in [5.74, 6) is -0.225. The summed E-state index contributed by atoms with van der Waals surface area (Å²) in [5, 5.41) is 6.62. The van der Waals surface area contributed by atoms with Gasteiger partial charge in [-0.05, 0) is 55.4 Å². The molecule has 3 heterocycles. The number of hydrogen-bond acceptors (Lipinski definition) is 4. The Labute approximate surface area is 219 Å². The number of aromatic nitrogens is 1. The molecule has 2 N–H and O–H groups in total. The van der Waals surface area contributed by atoms with Gasteiger partial charge in [0.15, 0.2) is 0 Å². The van der Waals surface area contributed by atoms with Gasteiger partial charge in [-0.1, -0.05) is 51.5 Å². The van der Waals surface area contributed by atoms with E-state index < -0.39 is 5.82 Å². The number of piperidine rings is 1. The largest absolute Gasteiger partial charge is 0.347 e. The fourth-order valence-corrected chi connectivity index (χ4v) is 5.70. The average molecular weight is 507 g/mol. The summed E-state index contributed by atoms with van der Waals surface area (Å²) >= 11 is 0. The Balaban J connectivity index is 1.49. The summed E-state index contributed by atoms with van der Waals surface area (Å²) in [6.07, 6.45) is 4.39. The summed E-state index contributed by atoms with van der Waals surface area (Å²) in [6, 6.07) is 10.7. The van der Waals surface area contributed by atoms with Crippen molar-refractivity contribution in [2.45, 2.75) is 53.5 Å². The van der Waals surface area contributed by atoms with Gasteiger partial charge in [-0.3, -0.25) is 14.6 Å². The molecule has 0 bridgehead atoms. The van der Waals surface area contributed by atoms with E-state index in [0.29, 0.717) is 31.1 Å². The van der Waals surface area contributed by atoms with Crippen LogP contribution in [0.3, 0.4) is 0 Å². The number of carbonyl (C=O) groups is 2. The van der Waals surface area contributed by atoms with Crippen LogP contribution in [0, 0.1) is 35.9 Å². The lowest BCUT2D eigenvalue weighted by Crippen LogP contribution is -2.50. The second kappa shape index (κ2) is 11.1. The van der Waals surface area contributed by atoms with Crippen molar-refractivity contribution >= 4 is 17.5 Å². The molecule has 2 aromatic rings. The molecule has 1 aromatic heterocycles. The Morgan fingerprint density at radius 3 is 2.65 bits per heavy atom. The first-order valence-corrected chi connectivity index (χ1v) is 13.3. The Hall–Kier alpha value is -3.06. The Morgan fingerprint density at radius 2 is 1.97 bits per heavy atom. The smallest absolute Gasteiger partial charge is 0.250 e. The number of nitrogens with one attached hydrogen (secondary N) is 2.